The number of alkyl halides is 3. The predicted molar refractivity (Wildman–Crippen MR) is 84.1 cm³/mol. The third-order valence-corrected chi connectivity index (χ3v) is 4.08. The summed E-state index contributed by atoms with van der Waals surface area (Å²) in [5.74, 6) is -1.02. The summed E-state index contributed by atoms with van der Waals surface area (Å²) in [6.07, 6.45) is -4.47. The van der Waals surface area contributed by atoms with Crippen LogP contribution in [0.25, 0.3) is 0 Å². The quantitative estimate of drug-likeness (QED) is 0.581. The Kier molecular flexibility index (Phi) is 5.69. The molecule has 0 radical (unpaired) electrons. The lowest BCUT2D eigenvalue weighted by Crippen LogP contribution is -2.29. The summed E-state index contributed by atoms with van der Waals surface area (Å²) in [6, 6.07) is 9.44. The summed E-state index contributed by atoms with van der Waals surface area (Å²) in [5.41, 5.74) is -3.32. The molecule has 0 fully saturated rings. The molecule has 0 heterocycles. The second-order valence-corrected chi connectivity index (χ2v) is 6.72. The summed E-state index contributed by atoms with van der Waals surface area (Å²) in [4.78, 5) is 11.7. The fourth-order valence-electron chi connectivity index (χ4n) is 2.00. The highest BCUT2D eigenvalue weighted by Crippen LogP contribution is 2.29. The van der Waals surface area contributed by atoms with Crippen molar-refractivity contribution in [3.05, 3.63) is 65.2 Å². The second kappa shape index (κ2) is 7.44. The van der Waals surface area contributed by atoms with Crippen LogP contribution in [0.4, 0.5) is 13.2 Å². The minimum absolute atomic E-state index is 0.162. The van der Waals surface area contributed by atoms with E-state index in [2.05, 4.69) is 0 Å². The van der Waals surface area contributed by atoms with Crippen LogP contribution in [0, 0.1) is 0 Å². The van der Waals surface area contributed by atoms with Crippen molar-refractivity contribution in [2.24, 2.45) is 0 Å². The standard InChI is InChI=1S/C16H13F3O6S/c17-16(18,19)12-3-1-2-10(8-12)9-25-13-6-4-11(5-7-13)14(20)15(21)26(22,23)24/h1-8,15,21H,9H2,(H,22,23,24). The normalized spacial score (nSPS) is 13.3. The van der Waals surface area contributed by atoms with E-state index in [1.165, 1.54) is 24.3 Å². The van der Waals surface area contributed by atoms with Gasteiger partial charge < -0.3 is 9.84 Å². The van der Waals surface area contributed by atoms with E-state index in [1.54, 1.807) is 0 Å². The number of Topliss-reactive ketones (excluding diaryl/α,β-unsaturated/α-hetero) is 1. The van der Waals surface area contributed by atoms with E-state index in [-0.39, 0.29) is 23.5 Å². The SMILES string of the molecule is O=C(c1ccc(OCc2cccc(C(F)(F)F)c2)cc1)C(O)S(=O)(=O)O. The van der Waals surface area contributed by atoms with Crippen LogP contribution in [0.3, 0.4) is 0 Å². The average molecular weight is 390 g/mol. The van der Waals surface area contributed by atoms with Crippen LogP contribution in [-0.2, 0) is 22.9 Å². The highest BCUT2D eigenvalue weighted by Gasteiger charge is 2.30. The molecular formula is C16H13F3O6S. The minimum atomic E-state index is -4.94. The lowest BCUT2D eigenvalue weighted by Gasteiger charge is -2.11. The van der Waals surface area contributed by atoms with Crippen molar-refractivity contribution in [3.8, 4) is 5.75 Å². The molecule has 2 aromatic carbocycles. The van der Waals surface area contributed by atoms with Crippen molar-refractivity contribution in [2.75, 3.05) is 0 Å². The molecule has 0 aliphatic carbocycles. The molecule has 0 amide bonds. The van der Waals surface area contributed by atoms with Gasteiger partial charge in [-0.3, -0.25) is 9.35 Å². The first-order chi connectivity index (χ1) is 12.0. The maximum absolute atomic E-state index is 12.6. The van der Waals surface area contributed by atoms with Crippen LogP contribution in [-0.4, -0.2) is 29.3 Å². The van der Waals surface area contributed by atoms with E-state index in [4.69, 9.17) is 9.29 Å². The van der Waals surface area contributed by atoms with Gasteiger partial charge >= 0.3 is 6.18 Å². The van der Waals surface area contributed by atoms with Crippen LogP contribution in [0.15, 0.2) is 48.5 Å². The van der Waals surface area contributed by atoms with Crippen molar-refractivity contribution in [1.29, 1.82) is 0 Å². The highest BCUT2D eigenvalue weighted by molar-refractivity contribution is 7.87. The van der Waals surface area contributed by atoms with Gasteiger partial charge in [-0.2, -0.15) is 21.6 Å². The van der Waals surface area contributed by atoms with Gasteiger partial charge in [0.2, 0.25) is 11.2 Å². The van der Waals surface area contributed by atoms with E-state index in [0.29, 0.717) is 0 Å². The molecule has 0 aliphatic rings. The topological polar surface area (TPSA) is 101 Å². The van der Waals surface area contributed by atoms with Crippen LogP contribution < -0.4 is 4.74 Å². The number of aliphatic hydroxyl groups excluding tert-OH is 1. The third kappa shape index (κ3) is 5.04. The van der Waals surface area contributed by atoms with E-state index in [0.717, 1.165) is 24.3 Å². The Hall–Kier alpha value is -2.43. The van der Waals surface area contributed by atoms with Crippen LogP contribution in [0.1, 0.15) is 21.5 Å². The second-order valence-electron chi connectivity index (χ2n) is 5.24. The number of hydrogen-bond donors (Lipinski definition) is 2. The number of benzene rings is 2. The monoisotopic (exact) mass is 390 g/mol. The summed E-state index contributed by atoms with van der Waals surface area (Å²) in [6.45, 7) is -0.162. The van der Waals surface area contributed by atoms with Gasteiger partial charge in [-0.1, -0.05) is 12.1 Å². The molecule has 1 atom stereocenters. The Morgan fingerprint density at radius 1 is 1.12 bits per heavy atom. The predicted octanol–water partition coefficient (Wildman–Crippen LogP) is 2.67. The number of hydrogen-bond acceptors (Lipinski definition) is 5. The zero-order chi connectivity index (χ0) is 19.5. The van der Waals surface area contributed by atoms with Gasteiger partial charge in [0, 0.05) is 5.56 Å². The van der Waals surface area contributed by atoms with Crippen molar-refractivity contribution < 1.29 is 40.8 Å². The first-order valence-corrected chi connectivity index (χ1v) is 8.56. The molecule has 0 aliphatic heterocycles. The summed E-state index contributed by atoms with van der Waals surface area (Å²) >= 11 is 0. The van der Waals surface area contributed by atoms with Crippen molar-refractivity contribution in [3.63, 3.8) is 0 Å². The molecule has 0 saturated carbocycles. The van der Waals surface area contributed by atoms with Crippen LogP contribution in [0.5, 0.6) is 5.75 Å². The Balaban J connectivity index is 2.05. The maximum Gasteiger partial charge on any atom is 0.416 e. The van der Waals surface area contributed by atoms with Gasteiger partial charge in [0.1, 0.15) is 12.4 Å². The van der Waals surface area contributed by atoms with Gasteiger partial charge in [0.15, 0.2) is 0 Å². The molecule has 10 heteroatoms. The van der Waals surface area contributed by atoms with E-state index < -0.39 is 33.1 Å². The Labute approximate surface area is 146 Å². The van der Waals surface area contributed by atoms with E-state index in [1.807, 2.05) is 0 Å². The number of rotatable bonds is 6. The average Bonchev–Trinajstić information content (AvgIpc) is 2.58. The first-order valence-electron chi connectivity index (χ1n) is 7.06. The molecule has 0 saturated heterocycles. The number of carbonyl (C=O) groups is 1. The molecule has 6 nitrogen and oxygen atoms in total. The Bertz CT molecular complexity index is 891. The lowest BCUT2D eigenvalue weighted by atomic mass is 10.1. The van der Waals surface area contributed by atoms with Crippen LogP contribution in [0.2, 0.25) is 0 Å². The summed E-state index contributed by atoms with van der Waals surface area (Å²) in [5, 5.41) is 9.21. The Morgan fingerprint density at radius 2 is 1.73 bits per heavy atom. The lowest BCUT2D eigenvalue weighted by molar-refractivity contribution is -0.137. The Morgan fingerprint density at radius 3 is 2.27 bits per heavy atom. The zero-order valence-corrected chi connectivity index (χ0v) is 13.8. The minimum Gasteiger partial charge on any atom is -0.489 e. The zero-order valence-electron chi connectivity index (χ0n) is 13.0. The molecule has 0 aromatic heterocycles. The molecule has 26 heavy (non-hydrogen) atoms. The van der Waals surface area contributed by atoms with Crippen molar-refractivity contribution in [2.45, 2.75) is 18.2 Å². The number of ether oxygens (including phenoxy) is 1. The van der Waals surface area contributed by atoms with Crippen molar-refractivity contribution >= 4 is 15.9 Å². The number of carbonyl (C=O) groups excluding carboxylic acids is 1. The molecule has 0 bridgehead atoms. The van der Waals surface area contributed by atoms with Gasteiger partial charge in [-0.25, -0.2) is 0 Å². The van der Waals surface area contributed by atoms with Gasteiger partial charge in [-0.05, 0) is 42.0 Å². The van der Waals surface area contributed by atoms with Gasteiger partial charge in [-0.15, -0.1) is 0 Å². The van der Waals surface area contributed by atoms with E-state index >= 15 is 0 Å². The van der Waals surface area contributed by atoms with Gasteiger partial charge in [0.05, 0.1) is 5.56 Å². The fourth-order valence-corrected chi connectivity index (χ4v) is 2.40. The van der Waals surface area contributed by atoms with Gasteiger partial charge in [0.25, 0.3) is 10.1 Å². The number of aliphatic hydroxyl groups is 1. The molecular weight excluding hydrogens is 377 g/mol. The largest absolute Gasteiger partial charge is 0.489 e. The molecule has 2 N–H and O–H groups in total. The maximum atomic E-state index is 12.6. The molecule has 140 valence electrons. The molecule has 1 unspecified atom stereocenters. The molecule has 0 spiro atoms. The first kappa shape index (κ1) is 19.9. The smallest absolute Gasteiger partial charge is 0.416 e. The summed E-state index contributed by atoms with van der Waals surface area (Å²) in [7, 11) is -4.94. The van der Waals surface area contributed by atoms with E-state index in [9.17, 15) is 31.5 Å². The fraction of sp³-hybridized carbons (Fsp3) is 0.188. The van der Waals surface area contributed by atoms with Crippen molar-refractivity contribution in [1.82, 2.24) is 0 Å². The van der Waals surface area contributed by atoms with Crippen LogP contribution >= 0.6 is 0 Å². The third-order valence-electron chi connectivity index (χ3n) is 3.31. The molecule has 2 aromatic rings. The number of halogens is 3. The molecule has 2 rings (SSSR count). The highest BCUT2D eigenvalue weighted by atomic mass is 32.2. The summed E-state index contributed by atoms with van der Waals surface area (Å²) < 4.78 is 73.4. The number of ketones is 1.